The number of allylic oxidation sites excluding steroid dienone is 2. The van der Waals surface area contributed by atoms with Crippen molar-refractivity contribution in [3.8, 4) is 0 Å². The van der Waals surface area contributed by atoms with Crippen molar-refractivity contribution >= 4 is 17.7 Å². The molecule has 1 aliphatic heterocycles. The van der Waals surface area contributed by atoms with Gasteiger partial charge < -0.3 is 5.11 Å². The highest BCUT2D eigenvalue weighted by Gasteiger charge is 2.13. The van der Waals surface area contributed by atoms with Crippen LogP contribution in [0, 0.1) is 0 Å². The summed E-state index contributed by atoms with van der Waals surface area (Å²) in [5, 5.41) is 9.83. The molecule has 0 aromatic heterocycles. The lowest BCUT2D eigenvalue weighted by molar-refractivity contribution is -0.135. The van der Waals surface area contributed by atoms with E-state index in [4.69, 9.17) is 5.11 Å². The second-order valence-electron chi connectivity index (χ2n) is 1.61. The molecule has 1 atom stereocenters. The number of hydrogen-bond acceptors (Lipinski definition) is 2. The summed E-state index contributed by atoms with van der Waals surface area (Å²) in [6.45, 7) is 0. The van der Waals surface area contributed by atoms with Crippen LogP contribution in [0.4, 0.5) is 0 Å². The van der Waals surface area contributed by atoms with E-state index in [1.165, 1.54) is 11.8 Å². The largest absolute Gasteiger partial charge is 0.480 e. The van der Waals surface area contributed by atoms with Crippen molar-refractivity contribution in [3.63, 3.8) is 0 Å². The van der Waals surface area contributed by atoms with Gasteiger partial charge in [0.25, 0.3) is 0 Å². The lowest BCUT2D eigenvalue weighted by Gasteiger charge is -2.04. The Kier molecular flexibility index (Phi) is 1.95. The van der Waals surface area contributed by atoms with E-state index < -0.39 is 5.97 Å². The molecule has 0 aromatic carbocycles. The first-order valence-electron chi connectivity index (χ1n) is 2.52. The average Bonchev–Trinajstić information content (AvgIpc) is 1.90. The lowest BCUT2D eigenvalue weighted by atomic mass is 10.3. The van der Waals surface area contributed by atoms with Crippen molar-refractivity contribution in [1.82, 2.24) is 0 Å². The van der Waals surface area contributed by atoms with E-state index in [-0.39, 0.29) is 5.25 Å². The molecule has 1 rings (SSSR count). The molecule has 0 radical (unpaired) electrons. The number of carboxylic acids is 1. The molecule has 0 fully saturated rings. The highest BCUT2D eigenvalue weighted by Crippen LogP contribution is 2.17. The summed E-state index contributed by atoms with van der Waals surface area (Å²) in [7, 11) is 0. The van der Waals surface area contributed by atoms with Crippen LogP contribution in [-0.2, 0) is 4.79 Å². The third kappa shape index (κ3) is 1.61. The summed E-state index contributed by atoms with van der Waals surface area (Å²) in [4.78, 5) is 10.2. The monoisotopic (exact) mass is 142 g/mol. The summed E-state index contributed by atoms with van der Waals surface area (Å²) in [5.41, 5.74) is 0. The minimum atomic E-state index is -0.777. The molecule has 0 aromatic rings. The highest BCUT2D eigenvalue weighted by molar-refractivity contribution is 8.03. The first-order chi connectivity index (χ1) is 4.30. The number of rotatable bonds is 1. The fraction of sp³-hybridized carbons (Fsp3) is 0.167. The van der Waals surface area contributed by atoms with Crippen molar-refractivity contribution in [2.45, 2.75) is 5.25 Å². The first kappa shape index (κ1) is 6.42. The number of carbonyl (C=O) groups is 1. The Morgan fingerprint density at radius 1 is 1.56 bits per heavy atom. The summed E-state index contributed by atoms with van der Waals surface area (Å²) in [6, 6.07) is 0. The van der Waals surface area contributed by atoms with Crippen LogP contribution in [0.15, 0.2) is 23.6 Å². The normalized spacial score (nSPS) is 24.2. The molecule has 3 heteroatoms. The Morgan fingerprint density at radius 3 is 2.67 bits per heavy atom. The summed E-state index contributed by atoms with van der Waals surface area (Å²) in [5.74, 6) is -0.777. The van der Waals surface area contributed by atoms with Gasteiger partial charge in [-0.1, -0.05) is 18.2 Å². The minimum absolute atomic E-state index is 0.380. The van der Waals surface area contributed by atoms with Crippen LogP contribution in [0.2, 0.25) is 0 Å². The van der Waals surface area contributed by atoms with Gasteiger partial charge in [0.2, 0.25) is 0 Å². The minimum Gasteiger partial charge on any atom is -0.480 e. The van der Waals surface area contributed by atoms with Gasteiger partial charge in [0, 0.05) is 0 Å². The molecule has 1 unspecified atom stereocenters. The smallest absolute Gasteiger partial charge is 0.320 e. The van der Waals surface area contributed by atoms with Crippen LogP contribution in [-0.4, -0.2) is 16.3 Å². The summed E-state index contributed by atoms with van der Waals surface area (Å²) in [6.07, 6.45) is 5.23. The SMILES string of the molecule is O=C(O)C1C=CC=CS1. The lowest BCUT2D eigenvalue weighted by Crippen LogP contribution is -2.12. The molecule has 0 saturated carbocycles. The Hall–Kier alpha value is -0.700. The predicted molar refractivity (Wildman–Crippen MR) is 37.3 cm³/mol. The molecule has 48 valence electrons. The molecule has 0 bridgehead atoms. The van der Waals surface area contributed by atoms with Crippen molar-refractivity contribution in [1.29, 1.82) is 0 Å². The van der Waals surface area contributed by atoms with Crippen molar-refractivity contribution < 1.29 is 9.90 Å². The fourth-order valence-corrected chi connectivity index (χ4v) is 1.17. The zero-order chi connectivity index (χ0) is 6.69. The van der Waals surface area contributed by atoms with Crippen molar-refractivity contribution in [2.24, 2.45) is 0 Å². The molecular weight excluding hydrogens is 136 g/mol. The van der Waals surface area contributed by atoms with Gasteiger partial charge >= 0.3 is 5.97 Å². The molecule has 1 N–H and O–H groups in total. The predicted octanol–water partition coefficient (Wildman–Crippen LogP) is 1.26. The fourth-order valence-electron chi connectivity index (χ4n) is 0.526. The van der Waals surface area contributed by atoms with Crippen LogP contribution >= 0.6 is 11.8 Å². The topological polar surface area (TPSA) is 37.3 Å². The maximum Gasteiger partial charge on any atom is 0.320 e. The van der Waals surface area contributed by atoms with Crippen LogP contribution < -0.4 is 0 Å². The van der Waals surface area contributed by atoms with E-state index in [0.717, 1.165) is 0 Å². The zero-order valence-electron chi connectivity index (χ0n) is 4.65. The summed E-state index contributed by atoms with van der Waals surface area (Å²) < 4.78 is 0. The van der Waals surface area contributed by atoms with E-state index in [0.29, 0.717) is 0 Å². The second-order valence-corrected chi connectivity index (χ2v) is 2.66. The van der Waals surface area contributed by atoms with Gasteiger partial charge in [0.1, 0.15) is 5.25 Å². The Morgan fingerprint density at radius 2 is 2.33 bits per heavy atom. The van der Waals surface area contributed by atoms with E-state index in [1.54, 1.807) is 17.6 Å². The zero-order valence-corrected chi connectivity index (χ0v) is 5.47. The standard InChI is InChI=1S/C6H6O2S/c7-6(8)5-3-1-2-4-9-5/h1-5H,(H,7,8). The van der Waals surface area contributed by atoms with Gasteiger partial charge in [-0.25, -0.2) is 0 Å². The van der Waals surface area contributed by atoms with Crippen molar-refractivity contribution in [2.75, 3.05) is 0 Å². The Balaban J connectivity index is 2.56. The average molecular weight is 142 g/mol. The van der Waals surface area contributed by atoms with Crippen LogP contribution in [0.25, 0.3) is 0 Å². The van der Waals surface area contributed by atoms with Gasteiger partial charge in [-0.05, 0) is 5.41 Å². The van der Waals surface area contributed by atoms with Gasteiger partial charge in [0.15, 0.2) is 0 Å². The van der Waals surface area contributed by atoms with E-state index in [9.17, 15) is 4.79 Å². The van der Waals surface area contributed by atoms with E-state index in [2.05, 4.69) is 0 Å². The first-order valence-corrected chi connectivity index (χ1v) is 3.46. The Bertz CT molecular complexity index is 172. The number of hydrogen-bond donors (Lipinski definition) is 1. The van der Waals surface area contributed by atoms with E-state index in [1.807, 2.05) is 6.08 Å². The maximum atomic E-state index is 10.2. The van der Waals surface area contributed by atoms with Crippen molar-refractivity contribution in [3.05, 3.63) is 23.6 Å². The number of thioether (sulfide) groups is 1. The van der Waals surface area contributed by atoms with Crippen LogP contribution in [0.3, 0.4) is 0 Å². The van der Waals surface area contributed by atoms with Gasteiger partial charge in [-0.3, -0.25) is 4.79 Å². The molecule has 0 saturated heterocycles. The molecule has 1 heterocycles. The van der Waals surface area contributed by atoms with Gasteiger partial charge in [0.05, 0.1) is 0 Å². The second kappa shape index (κ2) is 2.73. The van der Waals surface area contributed by atoms with Gasteiger partial charge in [-0.15, -0.1) is 11.8 Å². The quantitative estimate of drug-likeness (QED) is 0.598. The van der Waals surface area contributed by atoms with Crippen LogP contribution in [0.1, 0.15) is 0 Å². The molecular formula is C6H6O2S. The number of carboxylic acid groups (broad SMARTS) is 1. The molecule has 0 amide bonds. The third-order valence-electron chi connectivity index (χ3n) is 0.944. The maximum absolute atomic E-state index is 10.2. The molecule has 0 spiro atoms. The molecule has 2 nitrogen and oxygen atoms in total. The van der Waals surface area contributed by atoms with E-state index >= 15 is 0 Å². The molecule has 0 aliphatic carbocycles. The van der Waals surface area contributed by atoms with Gasteiger partial charge in [-0.2, -0.15) is 0 Å². The summed E-state index contributed by atoms with van der Waals surface area (Å²) >= 11 is 1.30. The number of aliphatic carboxylic acids is 1. The third-order valence-corrected chi connectivity index (χ3v) is 1.91. The van der Waals surface area contributed by atoms with Crippen LogP contribution in [0.5, 0.6) is 0 Å². The Labute approximate surface area is 57.3 Å². The molecule has 9 heavy (non-hydrogen) atoms. The highest BCUT2D eigenvalue weighted by atomic mass is 32.2. The molecule has 1 aliphatic rings.